The average Bonchev–Trinajstić information content (AvgIpc) is 2.46. The Hall–Kier alpha value is -2.94. The Bertz CT molecular complexity index is 596. The standard InChI is InChI=1S/C13H15N3O6/c14-9(5-6-10(17)18)13(20)22-8-3-1-7(2-4-8)11(16-21)12(15)19/h1-4,9,21H,5-6,14H2,(H2,15,19)(H,17,18)/t9-/m1/s1. The maximum Gasteiger partial charge on any atom is 0.328 e. The Morgan fingerprint density at radius 3 is 2.27 bits per heavy atom. The molecule has 118 valence electrons. The first-order valence-electron chi connectivity index (χ1n) is 6.16. The predicted molar refractivity (Wildman–Crippen MR) is 74.4 cm³/mol. The number of amides is 1. The number of hydrogen-bond donors (Lipinski definition) is 4. The molecule has 0 aromatic heterocycles. The molecular weight excluding hydrogens is 294 g/mol. The molecule has 1 atom stereocenters. The molecule has 6 N–H and O–H groups in total. The van der Waals surface area contributed by atoms with Crippen LogP contribution < -0.4 is 16.2 Å². The van der Waals surface area contributed by atoms with Gasteiger partial charge in [0.25, 0.3) is 5.91 Å². The van der Waals surface area contributed by atoms with E-state index in [9.17, 15) is 14.4 Å². The second kappa shape index (κ2) is 7.74. The molecule has 0 bridgehead atoms. The molecule has 0 aliphatic carbocycles. The van der Waals surface area contributed by atoms with Gasteiger partial charge < -0.3 is 26.5 Å². The molecule has 9 nitrogen and oxygen atoms in total. The Kier molecular flexibility index (Phi) is 6.02. The fraction of sp³-hybridized carbons (Fsp3) is 0.231. The lowest BCUT2D eigenvalue weighted by Crippen LogP contribution is -2.34. The molecule has 1 aromatic rings. The van der Waals surface area contributed by atoms with Crippen LogP contribution >= 0.6 is 0 Å². The molecule has 1 aromatic carbocycles. The average molecular weight is 309 g/mol. The van der Waals surface area contributed by atoms with E-state index in [1.165, 1.54) is 24.3 Å². The minimum absolute atomic E-state index is 0.0464. The number of aliphatic carboxylic acids is 1. The fourth-order valence-electron chi connectivity index (χ4n) is 1.52. The van der Waals surface area contributed by atoms with Crippen molar-refractivity contribution in [2.75, 3.05) is 0 Å². The highest BCUT2D eigenvalue weighted by Crippen LogP contribution is 2.14. The summed E-state index contributed by atoms with van der Waals surface area (Å²) in [6.45, 7) is 0. The van der Waals surface area contributed by atoms with Crippen molar-refractivity contribution in [3.05, 3.63) is 29.8 Å². The highest BCUT2D eigenvalue weighted by molar-refractivity contribution is 6.44. The summed E-state index contributed by atoms with van der Waals surface area (Å²) in [5.41, 5.74) is 10.4. The molecule has 0 aliphatic rings. The number of ether oxygens (including phenoxy) is 1. The topological polar surface area (TPSA) is 165 Å². The minimum Gasteiger partial charge on any atom is -0.481 e. The van der Waals surface area contributed by atoms with E-state index in [0.717, 1.165) is 0 Å². The van der Waals surface area contributed by atoms with Crippen molar-refractivity contribution in [2.45, 2.75) is 18.9 Å². The van der Waals surface area contributed by atoms with Crippen molar-refractivity contribution in [3.63, 3.8) is 0 Å². The fourth-order valence-corrected chi connectivity index (χ4v) is 1.52. The second-order valence-electron chi connectivity index (χ2n) is 4.30. The normalized spacial score (nSPS) is 12.5. The van der Waals surface area contributed by atoms with Crippen molar-refractivity contribution >= 4 is 23.6 Å². The van der Waals surface area contributed by atoms with Gasteiger partial charge in [-0.2, -0.15) is 0 Å². The number of esters is 1. The molecule has 22 heavy (non-hydrogen) atoms. The number of carbonyl (C=O) groups excluding carboxylic acids is 2. The predicted octanol–water partition coefficient (Wildman–Crippen LogP) is -0.552. The van der Waals surface area contributed by atoms with Crippen LogP contribution in [-0.2, 0) is 14.4 Å². The van der Waals surface area contributed by atoms with Crippen molar-refractivity contribution in [3.8, 4) is 5.75 Å². The summed E-state index contributed by atoms with van der Waals surface area (Å²) < 4.78 is 4.96. The van der Waals surface area contributed by atoms with E-state index < -0.39 is 23.9 Å². The highest BCUT2D eigenvalue weighted by atomic mass is 16.5. The van der Waals surface area contributed by atoms with Gasteiger partial charge in [-0.3, -0.25) is 9.59 Å². The number of carboxylic acids is 1. The summed E-state index contributed by atoms with van der Waals surface area (Å²) in [7, 11) is 0. The zero-order chi connectivity index (χ0) is 16.7. The third-order valence-corrected chi connectivity index (χ3v) is 2.65. The van der Waals surface area contributed by atoms with E-state index in [0.29, 0.717) is 0 Å². The summed E-state index contributed by atoms with van der Waals surface area (Å²) in [5.74, 6) is -2.61. The SMILES string of the molecule is NC(=O)C(=NO)c1ccc(OC(=O)[C@H](N)CCC(=O)O)cc1. The zero-order valence-corrected chi connectivity index (χ0v) is 11.4. The van der Waals surface area contributed by atoms with Crippen LogP contribution in [0.1, 0.15) is 18.4 Å². The van der Waals surface area contributed by atoms with Gasteiger partial charge in [0.15, 0.2) is 5.71 Å². The van der Waals surface area contributed by atoms with Gasteiger partial charge in [-0.15, -0.1) is 0 Å². The lowest BCUT2D eigenvalue weighted by atomic mass is 10.1. The van der Waals surface area contributed by atoms with Gasteiger partial charge in [-0.25, -0.2) is 4.79 Å². The van der Waals surface area contributed by atoms with Crippen LogP contribution in [0.5, 0.6) is 5.75 Å². The number of rotatable bonds is 7. The van der Waals surface area contributed by atoms with Gasteiger partial charge in [0.1, 0.15) is 11.8 Å². The molecule has 0 unspecified atom stereocenters. The van der Waals surface area contributed by atoms with Crippen molar-refractivity contribution in [1.29, 1.82) is 0 Å². The van der Waals surface area contributed by atoms with Gasteiger partial charge in [-0.1, -0.05) is 5.16 Å². The first-order chi connectivity index (χ1) is 10.3. The monoisotopic (exact) mass is 309 g/mol. The van der Waals surface area contributed by atoms with E-state index in [1.54, 1.807) is 0 Å². The van der Waals surface area contributed by atoms with Crippen molar-refractivity contribution in [2.24, 2.45) is 16.6 Å². The third kappa shape index (κ3) is 4.87. The van der Waals surface area contributed by atoms with E-state index in [2.05, 4.69) is 5.16 Å². The van der Waals surface area contributed by atoms with Crippen LogP contribution in [0.4, 0.5) is 0 Å². The Morgan fingerprint density at radius 1 is 1.23 bits per heavy atom. The van der Waals surface area contributed by atoms with E-state index >= 15 is 0 Å². The molecule has 0 saturated carbocycles. The van der Waals surface area contributed by atoms with Crippen LogP contribution in [0.25, 0.3) is 0 Å². The number of nitrogens with two attached hydrogens (primary N) is 2. The van der Waals surface area contributed by atoms with Crippen molar-refractivity contribution in [1.82, 2.24) is 0 Å². The Labute approximate surface area is 125 Å². The highest BCUT2D eigenvalue weighted by Gasteiger charge is 2.17. The molecule has 9 heteroatoms. The summed E-state index contributed by atoms with van der Waals surface area (Å²) >= 11 is 0. The molecule has 0 fully saturated rings. The number of nitrogens with zero attached hydrogens (tertiary/aromatic N) is 1. The maximum atomic E-state index is 11.6. The van der Waals surface area contributed by atoms with Crippen molar-refractivity contribution < 1.29 is 29.4 Å². The van der Waals surface area contributed by atoms with Gasteiger partial charge >= 0.3 is 11.9 Å². The summed E-state index contributed by atoms with van der Waals surface area (Å²) in [4.78, 5) is 33.0. The van der Waals surface area contributed by atoms with Crippen LogP contribution in [0, 0.1) is 0 Å². The smallest absolute Gasteiger partial charge is 0.328 e. The van der Waals surface area contributed by atoms with Crippen LogP contribution in [0.15, 0.2) is 29.4 Å². The van der Waals surface area contributed by atoms with Gasteiger partial charge in [0, 0.05) is 12.0 Å². The molecule has 0 saturated heterocycles. The maximum absolute atomic E-state index is 11.6. The first kappa shape index (κ1) is 17.1. The van der Waals surface area contributed by atoms with Gasteiger partial charge in [0.2, 0.25) is 0 Å². The molecule has 1 rings (SSSR count). The molecular formula is C13H15N3O6. The molecule has 0 radical (unpaired) electrons. The zero-order valence-electron chi connectivity index (χ0n) is 11.4. The van der Waals surface area contributed by atoms with Crippen LogP contribution in [0.2, 0.25) is 0 Å². The van der Waals surface area contributed by atoms with Crippen LogP contribution in [0.3, 0.4) is 0 Å². The lowest BCUT2D eigenvalue weighted by molar-refractivity contribution is -0.138. The number of primary amides is 1. The van der Waals surface area contributed by atoms with Crippen LogP contribution in [-0.4, -0.2) is 39.9 Å². The quantitative estimate of drug-likeness (QED) is 0.172. The Balaban J connectivity index is 2.70. The number of oxime groups is 1. The van der Waals surface area contributed by atoms with Gasteiger partial charge in [0.05, 0.1) is 0 Å². The number of benzene rings is 1. The largest absolute Gasteiger partial charge is 0.481 e. The number of carboxylic acid groups (broad SMARTS) is 1. The number of hydrogen-bond acceptors (Lipinski definition) is 7. The molecule has 0 spiro atoms. The lowest BCUT2D eigenvalue weighted by Gasteiger charge is -2.10. The van der Waals surface area contributed by atoms with E-state index in [-0.39, 0.29) is 29.9 Å². The minimum atomic E-state index is -1.06. The molecule has 1 amide bonds. The van der Waals surface area contributed by atoms with Gasteiger partial charge in [-0.05, 0) is 30.7 Å². The molecule has 0 heterocycles. The molecule has 0 aliphatic heterocycles. The van der Waals surface area contributed by atoms with E-state index in [4.69, 9.17) is 26.5 Å². The summed E-state index contributed by atoms with van der Waals surface area (Å²) in [5, 5.41) is 20.0. The second-order valence-corrected chi connectivity index (χ2v) is 4.30. The third-order valence-electron chi connectivity index (χ3n) is 2.65. The Morgan fingerprint density at radius 2 is 1.82 bits per heavy atom. The van der Waals surface area contributed by atoms with E-state index in [1.807, 2.05) is 0 Å². The first-order valence-corrected chi connectivity index (χ1v) is 6.16. The number of carbonyl (C=O) groups is 3. The summed E-state index contributed by atoms with van der Waals surface area (Å²) in [6, 6.07) is 4.38. The summed E-state index contributed by atoms with van der Waals surface area (Å²) in [6.07, 6.45) is -0.292.